The molecule has 0 unspecified atom stereocenters. The SMILES string of the molecule is C/C(=N/NC(=O)CSc1nnc(-c2ccc(C)cc2)n1-c1ccc(C)cc1)c1cccc([N+](=O)[O-])c1. The van der Waals surface area contributed by atoms with E-state index in [9.17, 15) is 14.9 Å². The summed E-state index contributed by atoms with van der Waals surface area (Å²) in [6, 6.07) is 22.1. The maximum absolute atomic E-state index is 12.5. The number of nitro groups is 1. The quantitative estimate of drug-likeness (QED) is 0.156. The molecule has 0 aliphatic heterocycles. The zero-order valence-electron chi connectivity index (χ0n) is 20.0. The van der Waals surface area contributed by atoms with Crippen molar-refractivity contribution >= 4 is 29.1 Å². The van der Waals surface area contributed by atoms with Crippen LogP contribution in [0.5, 0.6) is 0 Å². The summed E-state index contributed by atoms with van der Waals surface area (Å²) in [5, 5.41) is 24.4. The molecule has 0 saturated carbocycles. The van der Waals surface area contributed by atoms with Crippen molar-refractivity contribution in [3.05, 3.63) is 99.6 Å². The molecule has 0 spiro atoms. The minimum Gasteiger partial charge on any atom is -0.272 e. The van der Waals surface area contributed by atoms with Crippen molar-refractivity contribution in [1.82, 2.24) is 20.2 Å². The molecular weight excluding hydrogens is 476 g/mol. The molecule has 1 N–H and O–H groups in total. The zero-order valence-corrected chi connectivity index (χ0v) is 20.8. The van der Waals surface area contributed by atoms with Crippen molar-refractivity contribution in [2.24, 2.45) is 5.10 Å². The van der Waals surface area contributed by atoms with Gasteiger partial charge >= 0.3 is 0 Å². The van der Waals surface area contributed by atoms with Crippen LogP contribution in [-0.4, -0.2) is 37.1 Å². The van der Waals surface area contributed by atoms with Gasteiger partial charge in [-0.2, -0.15) is 5.10 Å². The van der Waals surface area contributed by atoms with Crippen molar-refractivity contribution in [1.29, 1.82) is 0 Å². The highest BCUT2D eigenvalue weighted by Gasteiger charge is 2.17. The first-order chi connectivity index (χ1) is 17.3. The summed E-state index contributed by atoms with van der Waals surface area (Å²) in [5.74, 6) is 0.408. The van der Waals surface area contributed by atoms with Crippen LogP contribution in [0.25, 0.3) is 17.1 Å². The molecule has 1 heterocycles. The van der Waals surface area contributed by atoms with Gasteiger partial charge in [-0.05, 0) is 32.9 Å². The Morgan fingerprint density at radius 2 is 1.69 bits per heavy atom. The Morgan fingerprint density at radius 1 is 1.03 bits per heavy atom. The van der Waals surface area contributed by atoms with E-state index in [0.717, 1.165) is 22.4 Å². The molecule has 0 fully saturated rings. The predicted molar refractivity (Wildman–Crippen MR) is 140 cm³/mol. The summed E-state index contributed by atoms with van der Waals surface area (Å²) in [6.45, 7) is 5.72. The lowest BCUT2D eigenvalue weighted by molar-refractivity contribution is -0.384. The third-order valence-electron chi connectivity index (χ3n) is 5.39. The molecule has 1 aromatic heterocycles. The van der Waals surface area contributed by atoms with Crippen molar-refractivity contribution in [2.45, 2.75) is 25.9 Å². The highest BCUT2D eigenvalue weighted by molar-refractivity contribution is 7.99. The standard InChI is InChI=1S/C26H24N6O3S/c1-17-7-11-20(12-8-17)25-29-30-26(31(25)22-13-9-18(2)10-14-22)36-16-24(33)28-27-19(3)21-5-4-6-23(15-21)32(34)35/h4-15H,16H2,1-3H3,(H,28,33)/b27-19-. The Labute approximate surface area is 212 Å². The maximum atomic E-state index is 12.5. The van der Waals surface area contributed by atoms with Crippen molar-refractivity contribution in [3.8, 4) is 17.1 Å². The highest BCUT2D eigenvalue weighted by Crippen LogP contribution is 2.28. The van der Waals surface area contributed by atoms with E-state index in [1.165, 1.54) is 23.9 Å². The molecular formula is C26H24N6O3S. The van der Waals surface area contributed by atoms with Gasteiger partial charge in [0.25, 0.3) is 11.6 Å². The number of carbonyl (C=O) groups excluding carboxylic acids is 1. The lowest BCUT2D eigenvalue weighted by Crippen LogP contribution is -2.21. The number of hydrazone groups is 1. The predicted octanol–water partition coefficient (Wildman–Crippen LogP) is 5.09. The molecule has 0 aliphatic carbocycles. The van der Waals surface area contributed by atoms with Crippen LogP contribution in [0.4, 0.5) is 5.69 Å². The summed E-state index contributed by atoms with van der Waals surface area (Å²) < 4.78 is 1.93. The van der Waals surface area contributed by atoms with Crippen molar-refractivity contribution < 1.29 is 9.72 Å². The molecule has 4 aromatic rings. The van der Waals surface area contributed by atoms with Gasteiger partial charge < -0.3 is 0 Å². The van der Waals surface area contributed by atoms with E-state index < -0.39 is 4.92 Å². The van der Waals surface area contributed by atoms with Crippen LogP contribution in [0, 0.1) is 24.0 Å². The van der Waals surface area contributed by atoms with E-state index in [1.54, 1.807) is 19.1 Å². The normalized spacial score (nSPS) is 11.4. The Hall–Kier alpha value is -4.31. The fourth-order valence-electron chi connectivity index (χ4n) is 3.40. The van der Waals surface area contributed by atoms with Gasteiger partial charge in [0.2, 0.25) is 0 Å². The molecule has 10 heteroatoms. The Bertz CT molecular complexity index is 1430. The van der Waals surface area contributed by atoms with E-state index in [2.05, 4.69) is 20.7 Å². The van der Waals surface area contributed by atoms with E-state index in [-0.39, 0.29) is 17.3 Å². The number of rotatable bonds is 8. The number of nitrogens with zero attached hydrogens (tertiary/aromatic N) is 5. The minimum absolute atomic E-state index is 0.0382. The number of nitro benzene ring substituents is 1. The Kier molecular flexibility index (Phi) is 7.55. The van der Waals surface area contributed by atoms with Crippen LogP contribution in [-0.2, 0) is 4.79 Å². The molecule has 0 atom stereocenters. The number of hydrogen-bond donors (Lipinski definition) is 1. The number of amides is 1. The number of hydrogen-bond acceptors (Lipinski definition) is 7. The first-order valence-electron chi connectivity index (χ1n) is 11.1. The van der Waals surface area contributed by atoms with Gasteiger partial charge in [0.1, 0.15) is 0 Å². The van der Waals surface area contributed by atoms with E-state index >= 15 is 0 Å². The molecule has 182 valence electrons. The van der Waals surface area contributed by atoms with Gasteiger partial charge in [-0.3, -0.25) is 19.5 Å². The maximum Gasteiger partial charge on any atom is 0.270 e. The first-order valence-corrected chi connectivity index (χ1v) is 12.1. The van der Waals surface area contributed by atoms with Gasteiger partial charge in [-0.15, -0.1) is 10.2 Å². The largest absolute Gasteiger partial charge is 0.272 e. The van der Waals surface area contributed by atoms with Gasteiger partial charge in [0.15, 0.2) is 11.0 Å². The van der Waals surface area contributed by atoms with Crippen molar-refractivity contribution in [2.75, 3.05) is 5.75 Å². The molecule has 4 rings (SSSR count). The summed E-state index contributed by atoms with van der Waals surface area (Å²) in [4.78, 5) is 23.1. The van der Waals surface area contributed by atoms with E-state index in [0.29, 0.717) is 22.3 Å². The zero-order chi connectivity index (χ0) is 25.7. The summed E-state index contributed by atoms with van der Waals surface area (Å²) >= 11 is 1.25. The van der Waals surface area contributed by atoms with Crippen LogP contribution in [0.15, 0.2) is 83.1 Å². The van der Waals surface area contributed by atoms with Crippen molar-refractivity contribution in [3.63, 3.8) is 0 Å². The van der Waals surface area contributed by atoms with Crippen LogP contribution in [0.2, 0.25) is 0 Å². The summed E-state index contributed by atoms with van der Waals surface area (Å²) in [5.41, 5.74) is 7.58. The fourth-order valence-corrected chi connectivity index (χ4v) is 4.14. The molecule has 0 aliphatic rings. The number of thioether (sulfide) groups is 1. The Balaban J connectivity index is 1.52. The van der Waals surface area contributed by atoms with Crippen LogP contribution in [0.3, 0.4) is 0 Å². The second-order valence-electron chi connectivity index (χ2n) is 8.17. The van der Waals surface area contributed by atoms with E-state index in [4.69, 9.17) is 0 Å². The summed E-state index contributed by atoms with van der Waals surface area (Å²) in [7, 11) is 0. The Morgan fingerprint density at radius 3 is 2.36 bits per heavy atom. The summed E-state index contributed by atoms with van der Waals surface area (Å²) in [6.07, 6.45) is 0. The number of non-ortho nitro benzene ring substituents is 1. The second-order valence-corrected chi connectivity index (χ2v) is 9.11. The number of aryl methyl sites for hydroxylation is 2. The smallest absolute Gasteiger partial charge is 0.270 e. The fraction of sp³-hybridized carbons (Fsp3) is 0.154. The molecule has 0 bridgehead atoms. The molecule has 9 nitrogen and oxygen atoms in total. The average Bonchev–Trinajstić information content (AvgIpc) is 3.31. The third kappa shape index (κ3) is 5.84. The topological polar surface area (TPSA) is 115 Å². The minimum atomic E-state index is -0.471. The molecule has 0 radical (unpaired) electrons. The number of carbonyl (C=O) groups is 1. The highest BCUT2D eigenvalue weighted by atomic mass is 32.2. The van der Waals surface area contributed by atoms with Gasteiger partial charge in [-0.1, -0.05) is 71.4 Å². The monoisotopic (exact) mass is 500 g/mol. The molecule has 36 heavy (non-hydrogen) atoms. The lowest BCUT2D eigenvalue weighted by atomic mass is 10.1. The lowest BCUT2D eigenvalue weighted by Gasteiger charge is -2.11. The first kappa shape index (κ1) is 24.8. The van der Waals surface area contributed by atoms with Crippen LogP contribution in [0.1, 0.15) is 23.6 Å². The second kappa shape index (κ2) is 11.0. The molecule has 1 amide bonds. The number of aromatic nitrogens is 3. The van der Waals surface area contributed by atoms with E-state index in [1.807, 2.05) is 66.9 Å². The van der Waals surface area contributed by atoms with Gasteiger partial charge in [0.05, 0.1) is 16.4 Å². The van der Waals surface area contributed by atoms with Gasteiger partial charge in [-0.25, -0.2) is 5.43 Å². The number of benzene rings is 3. The number of nitrogens with one attached hydrogen (secondary N) is 1. The average molecular weight is 501 g/mol. The molecule has 0 saturated heterocycles. The molecule has 3 aromatic carbocycles. The third-order valence-corrected chi connectivity index (χ3v) is 6.32. The van der Waals surface area contributed by atoms with Gasteiger partial charge in [0, 0.05) is 28.9 Å². The van der Waals surface area contributed by atoms with Crippen LogP contribution < -0.4 is 5.43 Å². The van der Waals surface area contributed by atoms with Crippen LogP contribution >= 0.6 is 11.8 Å².